The number of rotatable bonds is 6. The van der Waals surface area contributed by atoms with Crippen LogP contribution in [0.1, 0.15) is 69.7 Å². The molecule has 2 nitrogen and oxygen atoms in total. The Balaban J connectivity index is 1.56. The van der Waals surface area contributed by atoms with E-state index < -0.39 is 0 Å². The number of fused-ring (bicyclic) bond motifs is 1. The smallest absolute Gasteiger partial charge is 0.167 e. The number of hydrogen-bond acceptors (Lipinski definition) is 2. The Hall–Kier alpha value is -3.52. The standard InChI is InChI=1S/C31H30O2/c1-19(2)24-11-13-30(21(4)15-24)29-12-6-23(14-20(29)3)16-31(33)28-10-9-26-17-25(22(5)32)7-8-27(26)18-28/h6-15,17-19H,16H2,1-5H3. The van der Waals surface area contributed by atoms with Crippen LogP contribution < -0.4 is 0 Å². The minimum absolute atomic E-state index is 0.0435. The summed E-state index contributed by atoms with van der Waals surface area (Å²) in [6.07, 6.45) is 0.365. The molecule has 0 amide bonds. The molecule has 0 aliphatic carbocycles. The number of hydrogen-bond donors (Lipinski definition) is 0. The van der Waals surface area contributed by atoms with E-state index in [1.54, 1.807) is 6.92 Å². The van der Waals surface area contributed by atoms with Crippen molar-refractivity contribution >= 4 is 22.3 Å². The molecular weight excluding hydrogens is 404 g/mol. The number of Topliss-reactive ketones (excluding diaryl/α,β-unsaturated/α-hetero) is 2. The van der Waals surface area contributed by atoms with E-state index in [1.165, 1.54) is 27.8 Å². The molecule has 2 heteroatoms. The van der Waals surface area contributed by atoms with Gasteiger partial charge in [0.2, 0.25) is 0 Å². The molecule has 166 valence electrons. The predicted molar refractivity (Wildman–Crippen MR) is 137 cm³/mol. The van der Waals surface area contributed by atoms with Crippen molar-refractivity contribution < 1.29 is 9.59 Å². The molecule has 0 saturated heterocycles. The van der Waals surface area contributed by atoms with Gasteiger partial charge >= 0.3 is 0 Å². The molecule has 0 aliphatic heterocycles. The van der Waals surface area contributed by atoms with Gasteiger partial charge in [-0.2, -0.15) is 0 Å². The van der Waals surface area contributed by atoms with Gasteiger partial charge in [0.15, 0.2) is 11.6 Å². The van der Waals surface area contributed by atoms with Gasteiger partial charge in [0.05, 0.1) is 0 Å². The molecule has 0 N–H and O–H groups in total. The summed E-state index contributed by atoms with van der Waals surface area (Å²) in [5, 5.41) is 1.94. The van der Waals surface area contributed by atoms with Crippen molar-refractivity contribution in [1.29, 1.82) is 0 Å². The first kappa shape index (κ1) is 22.7. The summed E-state index contributed by atoms with van der Waals surface area (Å²) in [5.74, 6) is 0.651. The highest BCUT2D eigenvalue weighted by Crippen LogP contribution is 2.30. The zero-order valence-corrected chi connectivity index (χ0v) is 20.0. The molecule has 0 heterocycles. The lowest BCUT2D eigenvalue weighted by molar-refractivity contribution is 0.0990. The normalized spacial score (nSPS) is 11.2. The molecule has 0 unspecified atom stereocenters. The summed E-state index contributed by atoms with van der Waals surface area (Å²) >= 11 is 0. The van der Waals surface area contributed by atoms with Crippen molar-refractivity contribution in [1.82, 2.24) is 0 Å². The van der Waals surface area contributed by atoms with Crippen molar-refractivity contribution in [3.05, 3.63) is 106 Å². The van der Waals surface area contributed by atoms with Crippen molar-refractivity contribution in [2.45, 2.75) is 47.0 Å². The SMILES string of the molecule is CC(=O)c1ccc2cc(C(=O)Cc3ccc(-c4ccc(C(C)C)cc4C)c(C)c3)ccc2c1. The van der Waals surface area contributed by atoms with E-state index in [9.17, 15) is 9.59 Å². The number of ketones is 2. The largest absolute Gasteiger partial charge is 0.295 e. The first-order chi connectivity index (χ1) is 15.7. The summed E-state index contributed by atoms with van der Waals surface area (Å²) < 4.78 is 0. The minimum atomic E-state index is 0.0435. The topological polar surface area (TPSA) is 34.1 Å². The van der Waals surface area contributed by atoms with Crippen LogP contribution in [-0.2, 0) is 6.42 Å². The zero-order valence-electron chi connectivity index (χ0n) is 20.0. The third kappa shape index (κ3) is 4.80. The summed E-state index contributed by atoms with van der Waals surface area (Å²) in [6.45, 7) is 10.3. The molecule has 4 aromatic rings. The zero-order chi connectivity index (χ0) is 23.7. The Labute approximate surface area is 196 Å². The van der Waals surface area contributed by atoms with Gasteiger partial charge in [-0.25, -0.2) is 0 Å². The van der Waals surface area contributed by atoms with Crippen LogP contribution in [0.15, 0.2) is 72.8 Å². The Morgan fingerprint density at radius 2 is 1.27 bits per heavy atom. The Morgan fingerprint density at radius 1 is 0.697 bits per heavy atom. The van der Waals surface area contributed by atoms with Gasteiger partial charge in [-0.15, -0.1) is 0 Å². The number of aryl methyl sites for hydroxylation is 2. The first-order valence-corrected chi connectivity index (χ1v) is 11.5. The average Bonchev–Trinajstić information content (AvgIpc) is 2.78. The van der Waals surface area contributed by atoms with Gasteiger partial charge in [-0.3, -0.25) is 9.59 Å². The van der Waals surface area contributed by atoms with Crippen LogP contribution in [-0.4, -0.2) is 11.6 Å². The molecular formula is C31H30O2. The Morgan fingerprint density at radius 3 is 1.85 bits per heavy atom. The van der Waals surface area contributed by atoms with Crippen LogP contribution in [0.5, 0.6) is 0 Å². The third-order valence-electron chi connectivity index (χ3n) is 6.43. The molecule has 0 bridgehead atoms. The summed E-state index contributed by atoms with van der Waals surface area (Å²) in [6, 6.07) is 24.3. The van der Waals surface area contributed by atoms with E-state index in [4.69, 9.17) is 0 Å². The highest BCUT2D eigenvalue weighted by Gasteiger charge is 2.12. The van der Waals surface area contributed by atoms with Crippen molar-refractivity contribution in [2.75, 3.05) is 0 Å². The van der Waals surface area contributed by atoms with Crippen LogP contribution in [0, 0.1) is 13.8 Å². The summed E-state index contributed by atoms with van der Waals surface area (Å²) in [4.78, 5) is 24.6. The van der Waals surface area contributed by atoms with Gasteiger partial charge in [0.25, 0.3) is 0 Å². The lowest BCUT2D eigenvalue weighted by Gasteiger charge is -2.14. The molecule has 4 aromatic carbocycles. The Kier molecular flexibility index (Phi) is 6.29. The third-order valence-corrected chi connectivity index (χ3v) is 6.43. The van der Waals surface area contributed by atoms with Crippen LogP contribution in [0.25, 0.3) is 21.9 Å². The summed E-state index contributed by atoms with van der Waals surface area (Å²) in [7, 11) is 0. The van der Waals surface area contributed by atoms with Crippen molar-refractivity contribution in [3.8, 4) is 11.1 Å². The molecule has 0 atom stereocenters. The number of benzene rings is 4. The second-order valence-corrected chi connectivity index (χ2v) is 9.31. The molecule has 33 heavy (non-hydrogen) atoms. The maximum Gasteiger partial charge on any atom is 0.167 e. The van der Waals surface area contributed by atoms with E-state index in [0.717, 1.165) is 16.3 Å². The van der Waals surface area contributed by atoms with Gasteiger partial charge in [0.1, 0.15) is 0 Å². The van der Waals surface area contributed by atoms with E-state index in [-0.39, 0.29) is 11.6 Å². The van der Waals surface area contributed by atoms with Gasteiger partial charge in [-0.1, -0.05) is 74.5 Å². The fraction of sp³-hybridized carbons (Fsp3) is 0.226. The van der Waals surface area contributed by atoms with Crippen LogP contribution in [0.2, 0.25) is 0 Å². The average molecular weight is 435 g/mol. The van der Waals surface area contributed by atoms with Crippen molar-refractivity contribution in [3.63, 3.8) is 0 Å². The fourth-order valence-corrected chi connectivity index (χ4v) is 4.41. The van der Waals surface area contributed by atoms with E-state index >= 15 is 0 Å². The lowest BCUT2D eigenvalue weighted by Crippen LogP contribution is -2.04. The highest BCUT2D eigenvalue weighted by molar-refractivity contribution is 6.03. The second-order valence-electron chi connectivity index (χ2n) is 9.31. The van der Waals surface area contributed by atoms with E-state index in [0.29, 0.717) is 23.5 Å². The first-order valence-electron chi connectivity index (χ1n) is 11.5. The number of carbonyl (C=O) groups excluding carboxylic acids is 2. The lowest BCUT2D eigenvalue weighted by atomic mass is 9.91. The van der Waals surface area contributed by atoms with E-state index in [1.807, 2.05) is 36.4 Å². The maximum absolute atomic E-state index is 13.0. The fourth-order valence-electron chi connectivity index (χ4n) is 4.41. The molecule has 0 spiro atoms. The highest BCUT2D eigenvalue weighted by atomic mass is 16.1. The van der Waals surface area contributed by atoms with Crippen LogP contribution in [0.3, 0.4) is 0 Å². The molecule has 0 fully saturated rings. The van der Waals surface area contributed by atoms with Crippen LogP contribution >= 0.6 is 0 Å². The van der Waals surface area contributed by atoms with Gasteiger partial charge < -0.3 is 0 Å². The molecule has 0 aromatic heterocycles. The van der Waals surface area contributed by atoms with Gasteiger partial charge in [-0.05, 0) is 83.0 Å². The maximum atomic E-state index is 13.0. The van der Waals surface area contributed by atoms with Gasteiger partial charge in [0, 0.05) is 17.5 Å². The molecule has 0 radical (unpaired) electrons. The second kappa shape index (κ2) is 9.15. The summed E-state index contributed by atoms with van der Waals surface area (Å²) in [5.41, 5.74) is 8.66. The van der Waals surface area contributed by atoms with Crippen molar-refractivity contribution in [2.24, 2.45) is 0 Å². The predicted octanol–water partition coefficient (Wildman–Crippen LogP) is 7.88. The molecule has 0 aliphatic rings. The minimum Gasteiger partial charge on any atom is -0.295 e. The molecule has 4 rings (SSSR count). The monoisotopic (exact) mass is 434 g/mol. The van der Waals surface area contributed by atoms with Crippen LogP contribution in [0.4, 0.5) is 0 Å². The molecule has 0 saturated carbocycles. The quantitative estimate of drug-likeness (QED) is 0.289. The van der Waals surface area contributed by atoms with E-state index in [2.05, 4.69) is 64.1 Å². The number of carbonyl (C=O) groups is 2. The Bertz CT molecular complexity index is 1380.